The number of rotatable bonds is 2. The van der Waals surface area contributed by atoms with Gasteiger partial charge in [-0.25, -0.2) is 0 Å². The van der Waals surface area contributed by atoms with Crippen LogP contribution in [0.25, 0.3) is 0 Å². The van der Waals surface area contributed by atoms with Crippen molar-refractivity contribution in [3.8, 4) is 0 Å². The maximum Gasteiger partial charge on any atom is 0.136 e. The number of aliphatic hydroxyl groups is 1. The van der Waals surface area contributed by atoms with E-state index in [-0.39, 0.29) is 6.10 Å². The molecule has 0 aromatic heterocycles. The third kappa shape index (κ3) is 1.73. The van der Waals surface area contributed by atoms with E-state index in [2.05, 4.69) is 13.2 Å². The summed E-state index contributed by atoms with van der Waals surface area (Å²) in [6.45, 7) is 6.55. The summed E-state index contributed by atoms with van der Waals surface area (Å²) in [6, 6.07) is 0. The van der Waals surface area contributed by atoms with Gasteiger partial charge >= 0.3 is 0 Å². The summed E-state index contributed by atoms with van der Waals surface area (Å²) in [7, 11) is 0. The van der Waals surface area contributed by atoms with Gasteiger partial charge in [0.1, 0.15) is 6.10 Å². The lowest BCUT2D eigenvalue weighted by molar-refractivity contribution is 0.370. The molecule has 0 unspecified atom stereocenters. The van der Waals surface area contributed by atoms with Gasteiger partial charge in [0.05, 0.1) is 0 Å². The van der Waals surface area contributed by atoms with Crippen LogP contribution >= 0.6 is 0 Å². The standard InChI is InChI=1S/C5H7O/c1-3-5(6)4-2/h3-4,6H,1-2H2. The van der Waals surface area contributed by atoms with Gasteiger partial charge in [-0.3, -0.25) is 0 Å². The fraction of sp³-hybridized carbons (Fsp3) is 0. The summed E-state index contributed by atoms with van der Waals surface area (Å²) < 4.78 is 0. The van der Waals surface area contributed by atoms with E-state index in [9.17, 15) is 0 Å². The average molecular weight is 83.1 g/mol. The van der Waals surface area contributed by atoms with E-state index in [1.807, 2.05) is 0 Å². The van der Waals surface area contributed by atoms with E-state index >= 15 is 0 Å². The van der Waals surface area contributed by atoms with Crippen molar-refractivity contribution in [3.63, 3.8) is 0 Å². The second-order valence-electron chi connectivity index (χ2n) is 0.833. The molecule has 0 aliphatic heterocycles. The molecule has 0 aliphatic carbocycles. The minimum absolute atomic E-state index is 0.120. The maximum absolute atomic E-state index is 8.35. The van der Waals surface area contributed by atoms with Crippen LogP contribution in [-0.2, 0) is 0 Å². The molecule has 0 aromatic rings. The molecule has 1 nitrogen and oxygen atoms in total. The van der Waals surface area contributed by atoms with E-state index < -0.39 is 0 Å². The molecule has 1 radical (unpaired) electrons. The molecule has 0 bridgehead atoms. The summed E-state index contributed by atoms with van der Waals surface area (Å²) >= 11 is 0. The van der Waals surface area contributed by atoms with Gasteiger partial charge in [-0.2, -0.15) is 0 Å². The van der Waals surface area contributed by atoms with Crippen LogP contribution in [0.1, 0.15) is 0 Å². The van der Waals surface area contributed by atoms with Crippen LogP contribution < -0.4 is 0 Å². The highest BCUT2D eigenvalue weighted by molar-refractivity contribution is 5.08. The fourth-order valence-corrected chi connectivity index (χ4v) is 0.0833. The Morgan fingerprint density at radius 3 is 1.67 bits per heavy atom. The van der Waals surface area contributed by atoms with Crippen molar-refractivity contribution in [2.45, 2.75) is 0 Å². The van der Waals surface area contributed by atoms with Gasteiger partial charge in [0.15, 0.2) is 0 Å². The molecule has 1 N–H and O–H groups in total. The Kier molecular flexibility index (Phi) is 2.42. The SMILES string of the molecule is C=C[C](O)C=C. The maximum atomic E-state index is 8.35. The number of hydrogen-bond acceptors (Lipinski definition) is 1. The monoisotopic (exact) mass is 83.0 g/mol. The van der Waals surface area contributed by atoms with Gasteiger partial charge in [0, 0.05) is 0 Å². The Morgan fingerprint density at radius 1 is 1.33 bits per heavy atom. The summed E-state index contributed by atoms with van der Waals surface area (Å²) in [5, 5.41) is 8.35. The zero-order valence-corrected chi connectivity index (χ0v) is 3.52. The minimum atomic E-state index is 0.120. The number of hydrogen-bond donors (Lipinski definition) is 1. The molecule has 33 valence electrons. The summed E-state index contributed by atoms with van der Waals surface area (Å²) in [5.74, 6) is 0. The smallest absolute Gasteiger partial charge is 0.136 e. The van der Waals surface area contributed by atoms with Crippen LogP contribution in [0.15, 0.2) is 25.3 Å². The van der Waals surface area contributed by atoms with E-state index in [4.69, 9.17) is 5.11 Å². The fourth-order valence-electron chi connectivity index (χ4n) is 0.0833. The van der Waals surface area contributed by atoms with Crippen LogP contribution in [0.5, 0.6) is 0 Å². The van der Waals surface area contributed by atoms with Gasteiger partial charge in [-0.05, 0) is 0 Å². The molecule has 0 saturated heterocycles. The lowest BCUT2D eigenvalue weighted by atomic mass is 10.4. The van der Waals surface area contributed by atoms with Gasteiger partial charge in [-0.15, -0.1) is 0 Å². The Bertz CT molecular complexity index is 49.0. The van der Waals surface area contributed by atoms with E-state index in [0.29, 0.717) is 0 Å². The van der Waals surface area contributed by atoms with Crippen LogP contribution in [0.3, 0.4) is 0 Å². The van der Waals surface area contributed by atoms with Crippen LogP contribution in [0.4, 0.5) is 0 Å². The van der Waals surface area contributed by atoms with Crippen molar-refractivity contribution in [2.24, 2.45) is 0 Å². The van der Waals surface area contributed by atoms with Crippen molar-refractivity contribution in [2.75, 3.05) is 0 Å². The van der Waals surface area contributed by atoms with Gasteiger partial charge in [0.2, 0.25) is 0 Å². The Hall–Kier alpha value is -0.560. The largest absolute Gasteiger partial charge is 0.378 e. The first-order chi connectivity index (χ1) is 2.81. The second kappa shape index (κ2) is 2.67. The topological polar surface area (TPSA) is 20.2 Å². The Balaban J connectivity index is 3.21. The van der Waals surface area contributed by atoms with Crippen molar-refractivity contribution >= 4 is 0 Å². The zero-order valence-electron chi connectivity index (χ0n) is 3.52. The highest BCUT2D eigenvalue weighted by Crippen LogP contribution is 1.91. The van der Waals surface area contributed by atoms with Gasteiger partial charge < -0.3 is 5.11 Å². The molecular formula is C5H7O. The highest BCUT2D eigenvalue weighted by Gasteiger charge is 1.83. The van der Waals surface area contributed by atoms with Gasteiger partial charge in [0.25, 0.3) is 0 Å². The molecule has 0 aromatic carbocycles. The quantitative estimate of drug-likeness (QED) is 0.533. The predicted molar refractivity (Wildman–Crippen MR) is 25.6 cm³/mol. The summed E-state index contributed by atoms with van der Waals surface area (Å²) in [6.07, 6.45) is 2.77. The summed E-state index contributed by atoms with van der Waals surface area (Å²) in [4.78, 5) is 0. The molecule has 0 heterocycles. The predicted octanol–water partition coefficient (Wildman–Crippen LogP) is 1.26. The molecule has 6 heavy (non-hydrogen) atoms. The highest BCUT2D eigenvalue weighted by atomic mass is 16.3. The normalized spacial score (nSPS) is 8.33. The van der Waals surface area contributed by atoms with Crippen LogP contribution in [-0.4, -0.2) is 5.11 Å². The lowest BCUT2D eigenvalue weighted by Gasteiger charge is -1.86. The summed E-state index contributed by atoms with van der Waals surface area (Å²) in [5.41, 5.74) is 0. The minimum Gasteiger partial charge on any atom is -0.378 e. The molecular weight excluding hydrogens is 76.1 g/mol. The van der Waals surface area contributed by atoms with Gasteiger partial charge in [-0.1, -0.05) is 25.3 Å². The van der Waals surface area contributed by atoms with E-state index in [0.717, 1.165) is 0 Å². The molecule has 1 heteroatoms. The molecule has 0 aliphatic rings. The van der Waals surface area contributed by atoms with Crippen LogP contribution in [0.2, 0.25) is 0 Å². The Labute approximate surface area is 37.6 Å². The lowest BCUT2D eigenvalue weighted by Crippen LogP contribution is -1.78. The third-order valence-electron chi connectivity index (χ3n) is 0.418. The Morgan fingerprint density at radius 2 is 1.67 bits per heavy atom. The van der Waals surface area contributed by atoms with Crippen molar-refractivity contribution in [3.05, 3.63) is 31.4 Å². The first-order valence-corrected chi connectivity index (χ1v) is 1.62. The first-order valence-electron chi connectivity index (χ1n) is 1.62. The van der Waals surface area contributed by atoms with Crippen molar-refractivity contribution < 1.29 is 5.11 Å². The second-order valence-corrected chi connectivity index (χ2v) is 0.833. The first kappa shape index (κ1) is 5.44. The number of aliphatic hydroxyl groups excluding tert-OH is 1. The van der Waals surface area contributed by atoms with E-state index in [1.165, 1.54) is 12.2 Å². The molecule has 0 atom stereocenters. The zero-order chi connectivity index (χ0) is 4.99. The van der Waals surface area contributed by atoms with Crippen molar-refractivity contribution in [1.29, 1.82) is 0 Å². The third-order valence-corrected chi connectivity index (χ3v) is 0.418. The van der Waals surface area contributed by atoms with E-state index in [1.54, 1.807) is 0 Å². The molecule has 0 rings (SSSR count). The molecule has 0 amide bonds. The average Bonchev–Trinajstić information content (AvgIpc) is 1.65. The van der Waals surface area contributed by atoms with Crippen LogP contribution in [0, 0.1) is 6.10 Å². The van der Waals surface area contributed by atoms with Crippen molar-refractivity contribution in [1.82, 2.24) is 0 Å². The molecule has 0 saturated carbocycles. The molecule has 0 spiro atoms. The molecule has 0 fully saturated rings.